The number of alkyl halides is 9. The first-order valence-electron chi connectivity index (χ1n) is 12.1. The van der Waals surface area contributed by atoms with Crippen molar-refractivity contribution in [1.29, 1.82) is 0 Å². The van der Waals surface area contributed by atoms with E-state index in [0.717, 1.165) is 0 Å². The molecule has 0 bridgehead atoms. The highest BCUT2D eigenvalue weighted by Crippen LogP contribution is 2.50. The average molecular weight is 630 g/mol. The Kier molecular flexibility index (Phi) is 6.97. The Morgan fingerprint density at radius 1 is 0.976 bits per heavy atom. The quantitative estimate of drug-likeness (QED) is 0.467. The molecule has 1 fully saturated rings. The highest BCUT2D eigenvalue weighted by Gasteiger charge is 2.55. The van der Waals surface area contributed by atoms with E-state index in [0.29, 0.717) is 11.8 Å². The van der Waals surface area contributed by atoms with Crippen LogP contribution in [0.3, 0.4) is 0 Å². The molecular formula is C25H19F9N2O5S. The van der Waals surface area contributed by atoms with Crippen LogP contribution in [0, 0.1) is 5.92 Å². The Morgan fingerprint density at radius 2 is 1.57 bits per heavy atom. The van der Waals surface area contributed by atoms with Crippen LogP contribution in [0.1, 0.15) is 52.0 Å². The largest absolute Gasteiger partial charge is 0.416 e. The fourth-order valence-electron chi connectivity index (χ4n) is 5.21. The molecule has 1 saturated heterocycles. The van der Waals surface area contributed by atoms with Crippen LogP contribution in [0.4, 0.5) is 39.5 Å². The van der Waals surface area contributed by atoms with E-state index in [1.54, 1.807) is 0 Å². The summed E-state index contributed by atoms with van der Waals surface area (Å²) in [5, 5.41) is 5.22. The Bertz CT molecular complexity index is 1550. The van der Waals surface area contributed by atoms with Crippen LogP contribution in [0.25, 0.3) is 0 Å². The van der Waals surface area contributed by atoms with Crippen LogP contribution >= 0.6 is 0 Å². The smallest absolute Gasteiger partial charge is 0.386 e. The molecule has 2 aromatic rings. The van der Waals surface area contributed by atoms with Crippen LogP contribution in [0.15, 0.2) is 41.6 Å². The zero-order valence-corrected chi connectivity index (χ0v) is 21.9. The van der Waals surface area contributed by atoms with Gasteiger partial charge in [-0.3, -0.25) is 4.79 Å². The van der Waals surface area contributed by atoms with E-state index in [-0.39, 0.29) is 42.4 Å². The van der Waals surface area contributed by atoms with E-state index >= 15 is 0 Å². The van der Waals surface area contributed by atoms with Gasteiger partial charge < -0.3 is 14.9 Å². The molecular weight excluding hydrogens is 611 g/mol. The summed E-state index contributed by atoms with van der Waals surface area (Å²) < 4.78 is 153. The van der Waals surface area contributed by atoms with Gasteiger partial charge in [-0.15, -0.1) is 0 Å². The molecule has 0 amide bonds. The average Bonchev–Trinajstić information content (AvgIpc) is 3.42. The van der Waals surface area contributed by atoms with Gasteiger partial charge in [-0.05, 0) is 41.0 Å². The molecule has 228 valence electrons. The number of halogens is 9. The predicted octanol–water partition coefficient (Wildman–Crippen LogP) is 5.21. The SMILES string of the molecule is CS(=O)(=O)C(=O)C[C@H]1OC2(CNC2)c2ccc(C3=NOC(c4cc(C(F)(F)F)cc(C(F)(F)F)c4)C3C(F)(F)F)cc21. The first-order valence-corrected chi connectivity index (χ1v) is 14.0. The predicted molar refractivity (Wildman–Crippen MR) is 126 cm³/mol. The molecule has 2 aromatic carbocycles. The molecule has 3 atom stereocenters. The van der Waals surface area contributed by atoms with E-state index in [1.165, 1.54) is 18.2 Å². The summed E-state index contributed by atoms with van der Waals surface area (Å²) in [4.78, 5) is 17.1. The van der Waals surface area contributed by atoms with Crippen LogP contribution < -0.4 is 5.32 Å². The van der Waals surface area contributed by atoms with Crippen LogP contribution in [0.2, 0.25) is 0 Å². The third kappa shape index (κ3) is 5.37. The molecule has 17 heteroatoms. The van der Waals surface area contributed by atoms with Crippen LogP contribution in [-0.4, -0.2) is 44.8 Å². The fraction of sp³-hybridized carbons (Fsp3) is 0.440. The maximum absolute atomic E-state index is 14.4. The Balaban J connectivity index is 1.56. The van der Waals surface area contributed by atoms with Gasteiger partial charge in [0.25, 0.3) is 0 Å². The molecule has 0 saturated carbocycles. The first kappa shape index (κ1) is 30.3. The fourth-order valence-corrected chi connectivity index (χ4v) is 5.67. The van der Waals surface area contributed by atoms with Crippen LogP contribution in [0.5, 0.6) is 0 Å². The minimum Gasteiger partial charge on any atom is -0.386 e. The minimum absolute atomic E-state index is 0.147. The summed E-state index contributed by atoms with van der Waals surface area (Å²) in [6.07, 6.45) is -19.4. The standard InChI is InChI=1S/C25H19F9N2O5S/c1-42(38,39)18(37)8-17-15-6-11(2-3-16(15)22(40-17)9-35-10-22)20-19(25(32,33)34)21(41-36-20)12-4-13(23(26,27)28)7-14(5-12)24(29,30)31/h2-7,17,19,21,35H,8-10H2,1H3/t17-,19?,21?/m1/s1. The van der Waals surface area contributed by atoms with Gasteiger partial charge in [-0.1, -0.05) is 17.3 Å². The lowest BCUT2D eigenvalue weighted by molar-refractivity contribution is -0.177. The molecule has 3 aliphatic rings. The molecule has 0 aliphatic carbocycles. The number of fused-ring (bicyclic) bond motifs is 2. The van der Waals surface area contributed by atoms with Crippen molar-refractivity contribution in [2.75, 3.05) is 19.3 Å². The van der Waals surface area contributed by atoms with Gasteiger partial charge >= 0.3 is 18.5 Å². The van der Waals surface area contributed by atoms with Gasteiger partial charge in [0.05, 0.1) is 23.7 Å². The van der Waals surface area contributed by atoms with E-state index in [9.17, 15) is 52.7 Å². The van der Waals surface area contributed by atoms with Crippen LogP contribution in [-0.2, 0) is 42.2 Å². The van der Waals surface area contributed by atoms with Gasteiger partial charge in [-0.25, -0.2) is 8.42 Å². The number of hydrogen-bond acceptors (Lipinski definition) is 7. The van der Waals surface area contributed by atoms with Crippen molar-refractivity contribution in [3.8, 4) is 0 Å². The lowest BCUT2D eigenvalue weighted by Gasteiger charge is -2.39. The highest BCUT2D eigenvalue weighted by atomic mass is 32.2. The Labute approximate surface area is 231 Å². The van der Waals surface area contributed by atoms with E-state index in [2.05, 4.69) is 10.5 Å². The Morgan fingerprint density at radius 3 is 2.05 bits per heavy atom. The third-order valence-electron chi connectivity index (χ3n) is 7.29. The summed E-state index contributed by atoms with van der Waals surface area (Å²) in [7, 11) is -4.13. The first-order chi connectivity index (χ1) is 19.2. The Hall–Kier alpha value is -3.18. The number of sulfone groups is 1. The second-order valence-corrected chi connectivity index (χ2v) is 12.2. The minimum atomic E-state index is -5.31. The maximum atomic E-state index is 14.4. The van der Waals surface area contributed by atoms with Crippen molar-refractivity contribution in [3.63, 3.8) is 0 Å². The van der Waals surface area contributed by atoms with Gasteiger partial charge in [0.15, 0.2) is 6.10 Å². The molecule has 2 unspecified atom stereocenters. The number of oxime groups is 1. The number of ether oxygens (including phenoxy) is 1. The van der Waals surface area contributed by atoms with Crippen molar-refractivity contribution in [3.05, 3.63) is 69.8 Å². The zero-order valence-electron chi connectivity index (χ0n) is 21.1. The molecule has 7 nitrogen and oxygen atoms in total. The van der Waals surface area contributed by atoms with E-state index < -0.39 is 86.0 Å². The monoisotopic (exact) mass is 630 g/mol. The number of carbonyl (C=O) groups is 1. The molecule has 0 aromatic heterocycles. The van der Waals surface area contributed by atoms with E-state index in [1.807, 2.05) is 0 Å². The summed E-state index contributed by atoms with van der Waals surface area (Å²) in [5.74, 6) is -2.78. The topological polar surface area (TPSA) is 94.1 Å². The van der Waals surface area contributed by atoms with Gasteiger partial charge in [0, 0.05) is 24.9 Å². The van der Waals surface area contributed by atoms with E-state index in [4.69, 9.17) is 9.57 Å². The molecule has 5 rings (SSSR count). The molecule has 3 aliphatic heterocycles. The van der Waals surface area contributed by atoms with Gasteiger partial charge in [0.2, 0.25) is 15.0 Å². The molecule has 3 heterocycles. The van der Waals surface area contributed by atoms with Crippen molar-refractivity contribution in [2.45, 2.75) is 42.8 Å². The maximum Gasteiger partial charge on any atom is 0.416 e. The number of benzene rings is 2. The molecule has 1 N–H and O–H groups in total. The van der Waals surface area contributed by atoms with Crippen molar-refractivity contribution in [2.24, 2.45) is 11.1 Å². The number of rotatable bonds is 4. The third-order valence-corrected chi connectivity index (χ3v) is 8.29. The second kappa shape index (κ2) is 9.67. The van der Waals surface area contributed by atoms with Crippen molar-refractivity contribution >= 4 is 20.7 Å². The number of nitrogens with one attached hydrogen (secondary N) is 1. The summed E-state index contributed by atoms with van der Waals surface area (Å²) in [5.41, 5.74) is -6.08. The normalized spacial score (nSPS) is 23.8. The summed E-state index contributed by atoms with van der Waals surface area (Å²) in [6, 6.07) is 3.86. The summed E-state index contributed by atoms with van der Waals surface area (Å²) >= 11 is 0. The van der Waals surface area contributed by atoms with Crippen molar-refractivity contribution < 1.29 is 62.3 Å². The number of hydrogen-bond donors (Lipinski definition) is 1. The van der Waals surface area contributed by atoms with Crippen molar-refractivity contribution in [1.82, 2.24) is 5.32 Å². The highest BCUT2D eigenvalue weighted by molar-refractivity contribution is 8.05. The summed E-state index contributed by atoms with van der Waals surface area (Å²) in [6.45, 7) is 0.522. The molecule has 0 radical (unpaired) electrons. The number of carbonyl (C=O) groups excluding carboxylic acids is 1. The lowest BCUT2D eigenvalue weighted by atomic mass is 9.83. The second-order valence-electron chi connectivity index (χ2n) is 10.2. The zero-order chi connectivity index (χ0) is 31.0. The molecule has 42 heavy (non-hydrogen) atoms. The van der Waals surface area contributed by atoms with Gasteiger partial charge in [-0.2, -0.15) is 39.5 Å². The molecule has 1 spiro atoms. The number of nitrogens with zero attached hydrogens (tertiary/aromatic N) is 1. The van der Waals surface area contributed by atoms with Gasteiger partial charge in [0.1, 0.15) is 17.2 Å². The lowest BCUT2D eigenvalue weighted by Crippen LogP contribution is -2.56.